The molecule has 0 heterocycles. The van der Waals surface area contributed by atoms with Gasteiger partial charge < -0.3 is 10.1 Å². The van der Waals surface area contributed by atoms with Gasteiger partial charge in [0.05, 0.1) is 6.04 Å². The van der Waals surface area contributed by atoms with Crippen molar-refractivity contribution < 1.29 is 14.3 Å². The topological polar surface area (TPSA) is 55.4 Å². The zero-order valence-electron chi connectivity index (χ0n) is 14.4. The molecule has 4 heteroatoms. The van der Waals surface area contributed by atoms with E-state index in [0.29, 0.717) is 12.3 Å². The second-order valence-corrected chi connectivity index (χ2v) is 6.91. The number of alkyl carbamates (subject to hydrolysis) is 1. The van der Waals surface area contributed by atoms with Gasteiger partial charge in [0.1, 0.15) is 5.60 Å². The monoisotopic (exact) mass is 305 g/mol. The number of carbonyl (C=O) groups is 2. The molecule has 0 aliphatic rings. The minimum Gasteiger partial charge on any atom is -0.444 e. The number of carbonyl (C=O) groups excluding carboxylic acids is 2. The second-order valence-electron chi connectivity index (χ2n) is 6.91. The van der Waals surface area contributed by atoms with Crippen LogP contribution in [0.1, 0.15) is 58.6 Å². The van der Waals surface area contributed by atoms with Crippen molar-refractivity contribution in [3.63, 3.8) is 0 Å². The van der Waals surface area contributed by atoms with Gasteiger partial charge in [-0.05, 0) is 51.2 Å². The normalized spacial score (nSPS) is 12.9. The predicted molar refractivity (Wildman–Crippen MR) is 88.1 cm³/mol. The minimum absolute atomic E-state index is 0.0844. The molecule has 0 saturated carbocycles. The third-order valence-corrected chi connectivity index (χ3v) is 3.27. The molecule has 122 valence electrons. The fraction of sp³-hybridized carbons (Fsp3) is 0.556. The molecule has 0 unspecified atom stereocenters. The van der Waals surface area contributed by atoms with Crippen LogP contribution in [0.5, 0.6) is 0 Å². The number of nitrogens with one attached hydrogen (secondary N) is 1. The number of ketones is 1. The zero-order valence-corrected chi connectivity index (χ0v) is 14.4. The Morgan fingerprint density at radius 2 is 1.68 bits per heavy atom. The Balaban J connectivity index is 2.72. The van der Waals surface area contributed by atoms with Crippen LogP contribution >= 0.6 is 0 Å². The van der Waals surface area contributed by atoms with Crippen molar-refractivity contribution in [3.05, 3.63) is 35.4 Å². The molecule has 4 nitrogen and oxygen atoms in total. The molecular formula is C18H27NO3. The van der Waals surface area contributed by atoms with Crippen LogP contribution in [-0.2, 0) is 16.0 Å². The highest BCUT2D eigenvalue weighted by Gasteiger charge is 2.22. The first kappa shape index (κ1) is 18.2. The highest BCUT2D eigenvalue weighted by Crippen LogP contribution is 2.16. The summed E-state index contributed by atoms with van der Waals surface area (Å²) >= 11 is 0. The van der Waals surface area contributed by atoms with Gasteiger partial charge in [-0.25, -0.2) is 4.79 Å². The van der Waals surface area contributed by atoms with Crippen molar-refractivity contribution >= 4 is 11.9 Å². The first-order chi connectivity index (χ1) is 10.1. The maximum absolute atomic E-state index is 11.8. The van der Waals surface area contributed by atoms with E-state index in [-0.39, 0.29) is 5.78 Å². The number of rotatable bonds is 5. The smallest absolute Gasteiger partial charge is 0.408 e. The molecule has 0 bridgehead atoms. The lowest BCUT2D eigenvalue weighted by Crippen LogP contribution is -2.43. The quantitative estimate of drug-likeness (QED) is 0.899. The third kappa shape index (κ3) is 6.29. The number of hydrogen-bond donors (Lipinski definition) is 1. The van der Waals surface area contributed by atoms with Crippen LogP contribution in [0.3, 0.4) is 0 Å². The first-order valence-corrected chi connectivity index (χ1v) is 7.67. The molecular weight excluding hydrogens is 278 g/mol. The van der Waals surface area contributed by atoms with Gasteiger partial charge in [-0.3, -0.25) is 4.79 Å². The summed E-state index contributed by atoms with van der Waals surface area (Å²) in [5.74, 6) is 0.385. The van der Waals surface area contributed by atoms with Crippen molar-refractivity contribution in [2.75, 3.05) is 0 Å². The standard InChI is InChI=1S/C18H27NO3/c1-12(2)15-9-7-14(8-10-15)11-16(13(3)20)19-17(21)22-18(4,5)6/h7-10,12,16H,11H2,1-6H3,(H,19,21)/t16-/m0/s1. The molecule has 0 aliphatic heterocycles. The molecule has 1 N–H and O–H groups in total. The lowest BCUT2D eigenvalue weighted by molar-refractivity contribution is -0.119. The molecule has 0 radical (unpaired) electrons. The van der Waals surface area contributed by atoms with E-state index < -0.39 is 17.7 Å². The average molecular weight is 305 g/mol. The van der Waals surface area contributed by atoms with Crippen LogP contribution < -0.4 is 5.32 Å². The number of Topliss-reactive ketones (excluding diaryl/α,β-unsaturated/α-hetero) is 1. The number of benzene rings is 1. The summed E-state index contributed by atoms with van der Waals surface area (Å²) in [4.78, 5) is 23.6. The average Bonchev–Trinajstić information content (AvgIpc) is 2.36. The van der Waals surface area contributed by atoms with Crippen molar-refractivity contribution in [3.8, 4) is 0 Å². The molecule has 1 aromatic rings. The fourth-order valence-corrected chi connectivity index (χ4v) is 2.02. The molecule has 0 fully saturated rings. The maximum Gasteiger partial charge on any atom is 0.408 e. The van der Waals surface area contributed by atoms with E-state index >= 15 is 0 Å². The highest BCUT2D eigenvalue weighted by molar-refractivity contribution is 5.85. The van der Waals surface area contributed by atoms with E-state index in [9.17, 15) is 9.59 Å². The van der Waals surface area contributed by atoms with E-state index in [0.717, 1.165) is 5.56 Å². The van der Waals surface area contributed by atoms with Gasteiger partial charge in [0.2, 0.25) is 0 Å². The predicted octanol–water partition coefficient (Wildman–Crippen LogP) is 3.83. The summed E-state index contributed by atoms with van der Waals surface area (Å²) in [7, 11) is 0. The molecule has 0 aliphatic carbocycles. The molecule has 0 spiro atoms. The lowest BCUT2D eigenvalue weighted by Gasteiger charge is -2.22. The fourth-order valence-electron chi connectivity index (χ4n) is 2.02. The highest BCUT2D eigenvalue weighted by atomic mass is 16.6. The summed E-state index contributed by atoms with van der Waals surface area (Å²) in [6, 6.07) is 7.55. The van der Waals surface area contributed by atoms with Crippen LogP contribution in [0.25, 0.3) is 0 Å². The van der Waals surface area contributed by atoms with Gasteiger partial charge in [0.15, 0.2) is 5.78 Å². The van der Waals surface area contributed by atoms with E-state index in [1.165, 1.54) is 12.5 Å². The van der Waals surface area contributed by atoms with Gasteiger partial charge >= 0.3 is 6.09 Å². The second kappa shape index (κ2) is 7.43. The molecule has 1 rings (SSSR count). The molecule has 1 amide bonds. The summed E-state index contributed by atoms with van der Waals surface area (Å²) in [5.41, 5.74) is 1.69. The van der Waals surface area contributed by atoms with Crippen molar-refractivity contribution in [2.24, 2.45) is 0 Å². The van der Waals surface area contributed by atoms with Gasteiger partial charge in [-0.2, -0.15) is 0 Å². The van der Waals surface area contributed by atoms with Gasteiger partial charge in [0.25, 0.3) is 0 Å². The summed E-state index contributed by atoms with van der Waals surface area (Å²) in [6.45, 7) is 11.1. The molecule has 0 aromatic heterocycles. The van der Waals surface area contributed by atoms with Gasteiger partial charge in [-0.15, -0.1) is 0 Å². The van der Waals surface area contributed by atoms with Crippen molar-refractivity contribution in [1.29, 1.82) is 0 Å². The van der Waals surface area contributed by atoms with Crippen LogP contribution in [0.15, 0.2) is 24.3 Å². The molecule has 1 atom stereocenters. The van der Waals surface area contributed by atoms with Gasteiger partial charge in [0, 0.05) is 0 Å². The lowest BCUT2D eigenvalue weighted by atomic mass is 9.98. The first-order valence-electron chi connectivity index (χ1n) is 7.67. The Morgan fingerprint density at radius 1 is 1.14 bits per heavy atom. The molecule has 22 heavy (non-hydrogen) atoms. The summed E-state index contributed by atoms with van der Waals surface area (Å²) in [6.07, 6.45) is -0.0982. The minimum atomic E-state index is -0.579. The van der Waals surface area contributed by atoms with Gasteiger partial charge in [-0.1, -0.05) is 38.1 Å². The SMILES string of the molecule is CC(=O)[C@H](Cc1ccc(C(C)C)cc1)NC(=O)OC(C)(C)C. The van der Waals surface area contributed by atoms with Crippen molar-refractivity contribution in [2.45, 2.75) is 65.5 Å². The number of hydrogen-bond acceptors (Lipinski definition) is 3. The number of ether oxygens (including phenoxy) is 1. The van der Waals surface area contributed by atoms with E-state index in [4.69, 9.17) is 4.74 Å². The van der Waals surface area contributed by atoms with E-state index in [1.807, 2.05) is 12.1 Å². The maximum atomic E-state index is 11.8. The van der Waals surface area contributed by atoms with E-state index in [1.54, 1.807) is 20.8 Å². The Labute approximate surface area is 133 Å². The zero-order chi connectivity index (χ0) is 16.9. The van der Waals surface area contributed by atoms with Crippen LogP contribution in [0.4, 0.5) is 4.79 Å². The van der Waals surface area contributed by atoms with Crippen LogP contribution in [0, 0.1) is 0 Å². The Bertz CT molecular complexity index is 512. The Hall–Kier alpha value is -1.84. The van der Waals surface area contributed by atoms with E-state index in [2.05, 4.69) is 31.3 Å². The summed E-state index contributed by atoms with van der Waals surface area (Å²) < 4.78 is 5.20. The number of amides is 1. The molecule has 0 saturated heterocycles. The van der Waals surface area contributed by atoms with Crippen LogP contribution in [-0.4, -0.2) is 23.5 Å². The Kier molecular flexibility index (Phi) is 6.15. The summed E-state index contributed by atoms with van der Waals surface area (Å²) in [5, 5.41) is 2.65. The van der Waals surface area contributed by atoms with Crippen LogP contribution in [0.2, 0.25) is 0 Å². The van der Waals surface area contributed by atoms with Crippen molar-refractivity contribution in [1.82, 2.24) is 5.32 Å². The third-order valence-electron chi connectivity index (χ3n) is 3.27. The molecule has 1 aromatic carbocycles. The Morgan fingerprint density at radius 3 is 2.09 bits per heavy atom. The largest absolute Gasteiger partial charge is 0.444 e.